The van der Waals surface area contributed by atoms with E-state index in [1.165, 1.54) is 6.92 Å². The summed E-state index contributed by atoms with van der Waals surface area (Å²) in [5.41, 5.74) is 1.49. The molecule has 0 saturated carbocycles. The van der Waals surface area contributed by atoms with Gasteiger partial charge in [-0.2, -0.15) is 0 Å². The van der Waals surface area contributed by atoms with E-state index in [0.717, 1.165) is 5.56 Å². The molecule has 0 spiro atoms. The molecule has 0 aliphatic rings. The number of rotatable bonds is 3. The number of Topliss-reactive ketones (excluding diaryl/α,β-unsaturated/α-hetero) is 1. The van der Waals surface area contributed by atoms with Gasteiger partial charge < -0.3 is 9.84 Å². The van der Waals surface area contributed by atoms with Crippen LogP contribution in [0.5, 0.6) is 0 Å². The lowest BCUT2D eigenvalue weighted by Crippen LogP contribution is -2.23. The van der Waals surface area contributed by atoms with Gasteiger partial charge in [0.1, 0.15) is 0 Å². The fourth-order valence-electron chi connectivity index (χ4n) is 1.16. The molecule has 0 radical (unpaired) electrons. The van der Waals surface area contributed by atoms with Crippen molar-refractivity contribution in [3.63, 3.8) is 0 Å². The normalized spacial score (nSPS) is 11.9. The maximum absolute atomic E-state index is 11.6. The van der Waals surface area contributed by atoms with Crippen molar-refractivity contribution < 1.29 is 19.4 Å². The van der Waals surface area contributed by atoms with E-state index < -0.39 is 12.3 Å². The number of hydrogen-bond donors (Lipinski definition) is 1. The van der Waals surface area contributed by atoms with Crippen LogP contribution in [-0.4, -0.2) is 23.1 Å². The Hall–Kier alpha value is -1.84. The molecule has 1 N–H and O–H groups in total. The first kappa shape index (κ1) is 11.2. The van der Waals surface area contributed by atoms with Crippen LogP contribution in [0, 0.1) is 6.92 Å². The van der Waals surface area contributed by atoms with E-state index >= 15 is 0 Å². The first-order chi connectivity index (χ1) is 7.00. The highest BCUT2D eigenvalue weighted by Gasteiger charge is 2.18. The highest BCUT2D eigenvalue weighted by molar-refractivity contribution is 5.99. The molecule has 15 heavy (non-hydrogen) atoms. The summed E-state index contributed by atoms with van der Waals surface area (Å²) in [4.78, 5) is 21.8. The smallest absolute Gasteiger partial charge is 0.450 e. The highest BCUT2D eigenvalue weighted by atomic mass is 16.7. The van der Waals surface area contributed by atoms with Crippen LogP contribution in [0.4, 0.5) is 4.79 Å². The van der Waals surface area contributed by atoms with Crippen LogP contribution in [0.3, 0.4) is 0 Å². The average molecular weight is 208 g/mol. The Morgan fingerprint density at radius 2 is 1.80 bits per heavy atom. The van der Waals surface area contributed by atoms with E-state index in [4.69, 9.17) is 5.11 Å². The van der Waals surface area contributed by atoms with Gasteiger partial charge in [0.15, 0.2) is 6.10 Å². The van der Waals surface area contributed by atoms with Crippen LogP contribution in [0.1, 0.15) is 22.8 Å². The van der Waals surface area contributed by atoms with E-state index in [1.807, 2.05) is 6.92 Å². The Bertz CT molecular complexity index is 367. The van der Waals surface area contributed by atoms with Crippen LogP contribution >= 0.6 is 0 Å². The topological polar surface area (TPSA) is 63.6 Å². The molecule has 0 heterocycles. The van der Waals surface area contributed by atoms with E-state index in [-0.39, 0.29) is 5.78 Å². The quantitative estimate of drug-likeness (QED) is 0.611. The van der Waals surface area contributed by atoms with Gasteiger partial charge in [-0.15, -0.1) is 0 Å². The minimum absolute atomic E-state index is 0.336. The molecular weight excluding hydrogens is 196 g/mol. The lowest BCUT2D eigenvalue weighted by atomic mass is 10.1. The number of ketones is 1. The number of hydrogen-bond acceptors (Lipinski definition) is 3. The van der Waals surface area contributed by atoms with E-state index in [2.05, 4.69) is 4.74 Å². The summed E-state index contributed by atoms with van der Waals surface area (Å²) >= 11 is 0. The molecule has 0 amide bonds. The second-order valence-electron chi connectivity index (χ2n) is 3.26. The standard InChI is InChI=1S/C11H12O4/c1-7-3-5-9(6-4-7)10(12)8(2)15-11(13)14/h3-6,8H,1-2H3,(H,13,14). The van der Waals surface area contributed by atoms with Crippen LogP contribution in [0.25, 0.3) is 0 Å². The van der Waals surface area contributed by atoms with Crippen molar-refractivity contribution in [3.05, 3.63) is 35.4 Å². The zero-order valence-electron chi connectivity index (χ0n) is 8.56. The number of carboxylic acid groups (broad SMARTS) is 1. The molecule has 1 aromatic rings. The Kier molecular flexibility index (Phi) is 3.44. The molecule has 1 atom stereocenters. The van der Waals surface area contributed by atoms with Gasteiger partial charge in [0.2, 0.25) is 5.78 Å². The predicted octanol–water partition coefficient (Wildman–Crippen LogP) is 2.26. The van der Waals surface area contributed by atoms with Gasteiger partial charge >= 0.3 is 6.16 Å². The molecule has 1 aromatic carbocycles. The molecular formula is C11H12O4. The predicted molar refractivity (Wildman–Crippen MR) is 54.1 cm³/mol. The Labute approximate surface area is 87.5 Å². The number of carbonyl (C=O) groups excluding carboxylic acids is 1. The first-order valence-electron chi connectivity index (χ1n) is 4.51. The minimum Gasteiger partial charge on any atom is -0.450 e. The molecule has 0 saturated heterocycles. The largest absolute Gasteiger partial charge is 0.506 e. The van der Waals surface area contributed by atoms with Crippen molar-refractivity contribution in [1.29, 1.82) is 0 Å². The lowest BCUT2D eigenvalue weighted by Gasteiger charge is -2.09. The molecule has 4 heteroatoms. The number of aryl methyl sites for hydroxylation is 1. The Balaban J connectivity index is 2.76. The van der Waals surface area contributed by atoms with Crippen LogP contribution in [0.15, 0.2) is 24.3 Å². The summed E-state index contributed by atoms with van der Waals surface area (Å²) in [7, 11) is 0. The summed E-state index contributed by atoms with van der Waals surface area (Å²) in [5.74, 6) is -0.336. The van der Waals surface area contributed by atoms with Gasteiger partial charge in [-0.25, -0.2) is 4.79 Å². The monoisotopic (exact) mass is 208 g/mol. The molecule has 80 valence electrons. The molecule has 0 aromatic heterocycles. The zero-order chi connectivity index (χ0) is 11.4. The van der Waals surface area contributed by atoms with Crippen molar-refractivity contribution in [2.24, 2.45) is 0 Å². The van der Waals surface area contributed by atoms with Crippen molar-refractivity contribution in [2.75, 3.05) is 0 Å². The summed E-state index contributed by atoms with van der Waals surface area (Å²) in [6.45, 7) is 3.32. The van der Waals surface area contributed by atoms with E-state index in [0.29, 0.717) is 5.56 Å². The third kappa shape index (κ3) is 3.09. The third-order valence-corrected chi connectivity index (χ3v) is 1.98. The fraction of sp³-hybridized carbons (Fsp3) is 0.273. The molecule has 1 rings (SSSR count). The number of benzene rings is 1. The van der Waals surface area contributed by atoms with Gasteiger partial charge in [-0.3, -0.25) is 4.79 Å². The maximum atomic E-state index is 11.6. The molecule has 0 fully saturated rings. The second kappa shape index (κ2) is 4.59. The fourth-order valence-corrected chi connectivity index (χ4v) is 1.16. The molecule has 0 aliphatic heterocycles. The van der Waals surface area contributed by atoms with Gasteiger partial charge in [-0.05, 0) is 13.8 Å². The van der Waals surface area contributed by atoms with Crippen molar-refractivity contribution in [1.82, 2.24) is 0 Å². The van der Waals surface area contributed by atoms with Crippen molar-refractivity contribution in [3.8, 4) is 0 Å². The zero-order valence-corrected chi connectivity index (χ0v) is 8.56. The maximum Gasteiger partial charge on any atom is 0.506 e. The summed E-state index contributed by atoms with van der Waals surface area (Å²) in [6.07, 6.45) is -2.41. The second-order valence-corrected chi connectivity index (χ2v) is 3.26. The molecule has 0 bridgehead atoms. The van der Waals surface area contributed by atoms with Crippen molar-refractivity contribution >= 4 is 11.9 Å². The third-order valence-electron chi connectivity index (χ3n) is 1.98. The van der Waals surface area contributed by atoms with E-state index in [1.54, 1.807) is 24.3 Å². The lowest BCUT2D eigenvalue weighted by molar-refractivity contribution is 0.0473. The SMILES string of the molecule is Cc1ccc(C(=O)C(C)OC(=O)O)cc1. The van der Waals surface area contributed by atoms with Crippen LogP contribution in [-0.2, 0) is 4.74 Å². The van der Waals surface area contributed by atoms with Gasteiger partial charge in [0, 0.05) is 5.56 Å². The van der Waals surface area contributed by atoms with Gasteiger partial charge in [-0.1, -0.05) is 29.8 Å². The summed E-state index contributed by atoms with van der Waals surface area (Å²) in [5, 5.41) is 8.35. The molecule has 1 unspecified atom stereocenters. The number of carbonyl (C=O) groups is 2. The van der Waals surface area contributed by atoms with Crippen LogP contribution in [0.2, 0.25) is 0 Å². The summed E-state index contributed by atoms with van der Waals surface area (Å²) < 4.78 is 4.36. The van der Waals surface area contributed by atoms with Crippen LogP contribution < -0.4 is 0 Å². The Morgan fingerprint density at radius 1 is 1.27 bits per heavy atom. The Morgan fingerprint density at radius 3 is 2.27 bits per heavy atom. The molecule has 4 nitrogen and oxygen atoms in total. The summed E-state index contributed by atoms with van der Waals surface area (Å²) in [6, 6.07) is 6.89. The number of ether oxygens (including phenoxy) is 1. The first-order valence-corrected chi connectivity index (χ1v) is 4.51. The van der Waals surface area contributed by atoms with Crippen molar-refractivity contribution in [2.45, 2.75) is 20.0 Å². The minimum atomic E-state index is -1.44. The molecule has 0 aliphatic carbocycles. The average Bonchev–Trinajstić information content (AvgIpc) is 2.17. The van der Waals surface area contributed by atoms with Gasteiger partial charge in [0.05, 0.1) is 0 Å². The van der Waals surface area contributed by atoms with E-state index in [9.17, 15) is 9.59 Å². The van der Waals surface area contributed by atoms with Gasteiger partial charge in [0.25, 0.3) is 0 Å². The highest BCUT2D eigenvalue weighted by Crippen LogP contribution is 2.08.